The second-order valence-corrected chi connectivity index (χ2v) is 5.52. The smallest absolute Gasteiger partial charge is 0.141 e. The topological polar surface area (TPSA) is 15.3 Å². The van der Waals surface area contributed by atoms with E-state index in [-0.39, 0.29) is 10.8 Å². The van der Waals surface area contributed by atoms with E-state index in [0.717, 1.165) is 38.2 Å². The zero-order chi connectivity index (χ0) is 13.7. The summed E-state index contributed by atoms with van der Waals surface area (Å²) in [5, 5.41) is 3.60. The molecule has 1 N–H and O–H groups in total. The monoisotopic (exact) mass is 284 g/mol. The molecule has 0 aromatic heterocycles. The highest BCUT2D eigenvalue weighted by Gasteiger charge is 2.22. The van der Waals surface area contributed by atoms with Crippen LogP contribution in [0, 0.1) is 5.82 Å². The van der Waals surface area contributed by atoms with Crippen LogP contribution in [0.15, 0.2) is 18.2 Å². The van der Waals surface area contributed by atoms with E-state index in [1.165, 1.54) is 18.9 Å². The maximum Gasteiger partial charge on any atom is 0.141 e. The molecule has 19 heavy (non-hydrogen) atoms. The summed E-state index contributed by atoms with van der Waals surface area (Å²) in [6, 6.07) is 5.52. The zero-order valence-corrected chi connectivity index (χ0v) is 12.2. The van der Waals surface area contributed by atoms with Gasteiger partial charge in [0.15, 0.2) is 0 Å². The normalized spacial score (nSPS) is 18.5. The minimum absolute atomic E-state index is 0.231. The summed E-state index contributed by atoms with van der Waals surface area (Å²) in [5.41, 5.74) is 1.14. The zero-order valence-electron chi connectivity index (χ0n) is 11.5. The van der Waals surface area contributed by atoms with Crippen molar-refractivity contribution in [2.45, 2.75) is 32.2 Å². The Labute approximate surface area is 119 Å². The number of nitrogens with one attached hydrogen (secondary N) is 1. The van der Waals surface area contributed by atoms with Gasteiger partial charge in [-0.15, -0.1) is 0 Å². The standard InChI is InChI=1S/C15H22ClFN2/c1-2-3-4-15(19-9-7-18-8-10-19)12-5-6-14(17)13(16)11-12/h5-6,11,15,18H,2-4,7-10H2,1H3/t15-/m0/s1. The van der Waals surface area contributed by atoms with Crippen molar-refractivity contribution >= 4 is 11.6 Å². The van der Waals surface area contributed by atoms with E-state index >= 15 is 0 Å². The number of nitrogens with zero attached hydrogens (tertiary/aromatic N) is 1. The molecule has 1 heterocycles. The van der Waals surface area contributed by atoms with Gasteiger partial charge in [0.2, 0.25) is 0 Å². The van der Waals surface area contributed by atoms with Crippen molar-refractivity contribution in [2.24, 2.45) is 0 Å². The van der Waals surface area contributed by atoms with E-state index in [4.69, 9.17) is 11.6 Å². The Bertz CT molecular complexity index is 405. The van der Waals surface area contributed by atoms with E-state index in [0.29, 0.717) is 6.04 Å². The Kier molecular flexibility index (Phi) is 5.61. The Morgan fingerprint density at radius 3 is 2.74 bits per heavy atom. The lowest BCUT2D eigenvalue weighted by Gasteiger charge is -2.35. The minimum Gasteiger partial charge on any atom is -0.314 e. The van der Waals surface area contributed by atoms with Crippen molar-refractivity contribution in [3.8, 4) is 0 Å². The number of hydrogen-bond acceptors (Lipinski definition) is 2. The van der Waals surface area contributed by atoms with Crippen molar-refractivity contribution in [3.05, 3.63) is 34.6 Å². The van der Waals surface area contributed by atoms with Crippen LogP contribution < -0.4 is 5.32 Å². The van der Waals surface area contributed by atoms with Crippen molar-refractivity contribution < 1.29 is 4.39 Å². The van der Waals surface area contributed by atoms with E-state index in [2.05, 4.69) is 17.1 Å². The average Bonchev–Trinajstić information content (AvgIpc) is 2.44. The van der Waals surface area contributed by atoms with Crippen molar-refractivity contribution in [2.75, 3.05) is 26.2 Å². The molecule has 1 saturated heterocycles. The van der Waals surface area contributed by atoms with Crippen LogP contribution in [0.5, 0.6) is 0 Å². The molecule has 0 bridgehead atoms. The van der Waals surface area contributed by atoms with Crippen LogP contribution >= 0.6 is 11.6 Å². The molecule has 0 spiro atoms. The van der Waals surface area contributed by atoms with Gasteiger partial charge in [-0.05, 0) is 24.1 Å². The third-order valence-corrected chi connectivity index (χ3v) is 4.04. The second-order valence-electron chi connectivity index (χ2n) is 5.12. The molecule has 1 aromatic carbocycles. The van der Waals surface area contributed by atoms with Gasteiger partial charge in [0.05, 0.1) is 5.02 Å². The minimum atomic E-state index is -0.333. The van der Waals surface area contributed by atoms with Crippen molar-refractivity contribution in [3.63, 3.8) is 0 Å². The fourth-order valence-corrected chi connectivity index (χ4v) is 2.86. The number of hydrogen-bond donors (Lipinski definition) is 1. The molecular weight excluding hydrogens is 263 g/mol. The first-order valence-corrected chi connectivity index (χ1v) is 7.50. The predicted molar refractivity (Wildman–Crippen MR) is 78.1 cm³/mol. The first-order chi connectivity index (χ1) is 9.22. The Morgan fingerprint density at radius 2 is 2.11 bits per heavy atom. The maximum atomic E-state index is 13.3. The van der Waals surface area contributed by atoms with E-state index < -0.39 is 0 Å². The quantitative estimate of drug-likeness (QED) is 0.888. The molecule has 0 unspecified atom stereocenters. The fourth-order valence-electron chi connectivity index (χ4n) is 2.67. The average molecular weight is 285 g/mol. The van der Waals surface area contributed by atoms with Gasteiger partial charge in [-0.1, -0.05) is 37.4 Å². The summed E-state index contributed by atoms with van der Waals surface area (Å²) in [5.74, 6) is -0.333. The molecule has 1 aromatic rings. The molecular formula is C15H22ClFN2. The Hall–Kier alpha value is -0.640. The third kappa shape index (κ3) is 3.91. The first-order valence-electron chi connectivity index (χ1n) is 7.12. The van der Waals surface area contributed by atoms with Gasteiger partial charge in [-0.3, -0.25) is 4.90 Å². The van der Waals surface area contributed by atoms with Gasteiger partial charge in [0.25, 0.3) is 0 Å². The van der Waals surface area contributed by atoms with Crippen LogP contribution in [-0.4, -0.2) is 31.1 Å². The van der Waals surface area contributed by atoms with E-state index in [9.17, 15) is 4.39 Å². The predicted octanol–water partition coefficient (Wildman–Crippen LogP) is 3.62. The molecule has 0 aliphatic carbocycles. The van der Waals surface area contributed by atoms with Crippen molar-refractivity contribution in [1.82, 2.24) is 10.2 Å². The van der Waals surface area contributed by atoms with Gasteiger partial charge >= 0.3 is 0 Å². The molecule has 1 aliphatic heterocycles. The summed E-state index contributed by atoms with van der Waals surface area (Å²) >= 11 is 5.93. The van der Waals surface area contributed by atoms with E-state index in [1.54, 1.807) is 6.07 Å². The first kappa shape index (κ1) is 14.8. The van der Waals surface area contributed by atoms with Crippen molar-refractivity contribution in [1.29, 1.82) is 0 Å². The molecule has 2 nitrogen and oxygen atoms in total. The molecule has 1 atom stereocenters. The third-order valence-electron chi connectivity index (χ3n) is 3.75. The summed E-state index contributed by atoms with van der Waals surface area (Å²) in [7, 11) is 0. The van der Waals surface area contributed by atoms with Crippen LogP contribution in [0.3, 0.4) is 0 Å². The molecule has 4 heteroatoms. The van der Waals surface area contributed by atoms with E-state index in [1.807, 2.05) is 6.07 Å². The van der Waals surface area contributed by atoms with Crippen LogP contribution in [0.25, 0.3) is 0 Å². The van der Waals surface area contributed by atoms with Gasteiger partial charge in [-0.25, -0.2) is 4.39 Å². The molecule has 1 aliphatic rings. The molecule has 0 radical (unpaired) electrons. The highest BCUT2D eigenvalue weighted by Crippen LogP contribution is 2.29. The fraction of sp³-hybridized carbons (Fsp3) is 0.600. The lowest BCUT2D eigenvalue weighted by molar-refractivity contribution is 0.163. The van der Waals surface area contributed by atoms with Crippen LogP contribution in [0.4, 0.5) is 4.39 Å². The lowest BCUT2D eigenvalue weighted by Crippen LogP contribution is -2.45. The molecule has 0 saturated carbocycles. The summed E-state index contributed by atoms with van der Waals surface area (Å²) in [6.45, 7) is 6.34. The highest BCUT2D eigenvalue weighted by atomic mass is 35.5. The SMILES string of the molecule is CCCC[C@@H](c1ccc(F)c(Cl)c1)N1CCNCC1. The lowest BCUT2D eigenvalue weighted by atomic mass is 9.98. The second kappa shape index (κ2) is 7.22. The maximum absolute atomic E-state index is 13.3. The number of halogens is 2. The summed E-state index contributed by atoms with van der Waals surface area (Å²) in [6.07, 6.45) is 3.47. The Morgan fingerprint density at radius 1 is 1.37 bits per heavy atom. The summed E-state index contributed by atoms with van der Waals surface area (Å²) < 4.78 is 13.3. The largest absolute Gasteiger partial charge is 0.314 e. The Balaban J connectivity index is 2.17. The number of rotatable bonds is 5. The van der Waals surface area contributed by atoms with Gasteiger partial charge in [-0.2, -0.15) is 0 Å². The van der Waals surface area contributed by atoms with Gasteiger partial charge in [0.1, 0.15) is 5.82 Å². The number of unbranched alkanes of at least 4 members (excludes halogenated alkanes) is 1. The highest BCUT2D eigenvalue weighted by molar-refractivity contribution is 6.30. The van der Waals surface area contributed by atoms with Crippen LogP contribution in [-0.2, 0) is 0 Å². The van der Waals surface area contributed by atoms with Gasteiger partial charge in [0, 0.05) is 32.2 Å². The van der Waals surface area contributed by atoms with Crippen LogP contribution in [0.1, 0.15) is 37.8 Å². The summed E-state index contributed by atoms with van der Waals surface area (Å²) in [4.78, 5) is 2.48. The number of piperazine rings is 1. The number of benzene rings is 1. The van der Waals surface area contributed by atoms with Gasteiger partial charge < -0.3 is 5.32 Å². The molecule has 2 rings (SSSR count). The molecule has 106 valence electrons. The molecule has 1 fully saturated rings. The van der Waals surface area contributed by atoms with Crippen LogP contribution in [0.2, 0.25) is 5.02 Å². The molecule has 0 amide bonds.